The van der Waals surface area contributed by atoms with E-state index in [1.165, 1.54) is 0 Å². The Hall–Kier alpha value is -3.22. The highest BCUT2D eigenvalue weighted by Crippen LogP contribution is 2.42. The fourth-order valence-corrected chi connectivity index (χ4v) is 5.95. The van der Waals surface area contributed by atoms with Crippen LogP contribution in [0.4, 0.5) is 0 Å². The first-order chi connectivity index (χ1) is 17.1. The van der Waals surface area contributed by atoms with E-state index in [1.54, 1.807) is 19.2 Å². The minimum Gasteiger partial charge on any atom is -0.496 e. The number of para-hydroxylation sites is 2. The number of rotatable bonds is 6. The lowest BCUT2D eigenvalue weighted by Gasteiger charge is -2.35. The third-order valence-electron chi connectivity index (χ3n) is 7.65. The number of methoxy groups -OCH3 is 1. The molecule has 2 amide bonds. The molecule has 1 aliphatic carbocycles. The lowest BCUT2D eigenvalue weighted by molar-refractivity contribution is -0.136. The van der Waals surface area contributed by atoms with Crippen molar-refractivity contribution in [2.75, 3.05) is 26.9 Å². The van der Waals surface area contributed by atoms with Gasteiger partial charge in [-0.15, -0.1) is 0 Å². The van der Waals surface area contributed by atoms with Crippen LogP contribution in [0, 0.1) is 5.92 Å². The van der Waals surface area contributed by atoms with E-state index in [9.17, 15) is 9.59 Å². The van der Waals surface area contributed by atoms with Crippen molar-refractivity contribution in [1.82, 2.24) is 9.80 Å². The van der Waals surface area contributed by atoms with Crippen molar-refractivity contribution in [3.63, 3.8) is 0 Å². The number of nitrogens with zero attached hydrogens (tertiary/aromatic N) is 2. The highest BCUT2D eigenvalue weighted by atomic mass is 16.6. The topological polar surface area (TPSA) is 68.3 Å². The number of fused-ring (bicyclic) bond motifs is 2. The Bertz CT molecular complexity index is 1090. The van der Waals surface area contributed by atoms with E-state index in [-0.39, 0.29) is 17.9 Å². The van der Waals surface area contributed by atoms with E-state index in [1.807, 2.05) is 47.1 Å². The first kappa shape index (κ1) is 23.5. The summed E-state index contributed by atoms with van der Waals surface area (Å²) in [6.45, 7) is 3.98. The van der Waals surface area contributed by atoms with Gasteiger partial charge in [-0.1, -0.05) is 37.1 Å². The van der Waals surface area contributed by atoms with Crippen LogP contribution in [0.1, 0.15) is 54.9 Å². The molecule has 186 valence electrons. The van der Waals surface area contributed by atoms with Gasteiger partial charge in [0.25, 0.3) is 5.91 Å². The van der Waals surface area contributed by atoms with E-state index >= 15 is 0 Å². The van der Waals surface area contributed by atoms with Crippen molar-refractivity contribution in [2.24, 2.45) is 5.92 Å². The second kappa shape index (κ2) is 10.2. The maximum Gasteiger partial charge on any atom is 0.258 e. The molecule has 0 aromatic heterocycles. The first-order valence-electron chi connectivity index (χ1n) is 12.7. The number of likely N-dealkylation sites (N-methyl/N-ethyl adjacent to an activating group) is 1. The molecule has 2 fully saturated rings. The number of likely N-dealkylation sites (tertiary alicyclic amines) is 1. The summed E-state index contributed by atoms with van der Waals surface area (Å²) in [5, 5.41) is 0. The Balaban J connectivity index is 1.44. The molecule has 2 heterocycles. The Kier molecular flexibility index (Phi) is 6.84. The van der Waals surface area contributed by atoms with Gasteiger partial charge in [0.15, 0.2) is 11.5 Å². The predicted octanol–water partition coefficient (Wildman–Crippen LogP) is 4.29. The highest BCUT2D eigenvalue weighted by molar-refractivity contribution is 6.00. The summed E-state index contributed by atoms with van der Waals surface area (Å²) >= 11 is 0. The van der Waals surface area contributed by atoms with Crippen molar-refractivity contribution >= 4 is 11.8 Å². The molecule has 1 saturated carbocycles. The Morgan fingerprint density at radius 3 is 2.69 bits per heavy atom. The van der Waals surface area contributed by atoms with Gasteiger partial charge in [-0.3, -0.25) is 9.59 Å². The van der Waals surface area contributed by atoms with Crippen LogP contribution in [-0.4, -0.2) is 60.6 Å². The SMILES string of the molecule is CCN(Cc1cccc2c1OCCO2)C(=O)C1CC2CCCCC2N1C(=O)c1ccccc1OC. The van der Waals surface area contributed by atoms with Gasteiger partial charge in [0.1, 0.15) is 25.0 Å². The lowest BCUT2D eigenvalue weighted by atomic mass is 9.84. The van der Waals surface area contributed by atoms with Gasteiger partial charge in [-0.25, -0.2) is 0 Å². The van der Waals surface area contributed by atoms with Gasteiger partial charge in [0.05, 0.1) is 12.7 Å². The van der Waals surface area contributed by atoms with Crippen LogP contribution in [0.25, 0.3) is 0 Å². The number of hydrogen-bond donors (Lipinski definition) is 0. The number of carbonyl (C=O) groups excluding carboxylic acids is 2. The van der Waals surface area contributed by atoms with Crippen LogP contribution in [-0.2, 0) is 11.3 Å². The molecule has 1 saturated heterocycles. The maximum absolute atomic E-state index is 14.0. The minimum absolute atomic E-state index is 0.000483. The molecule has 7 heteroatoms. The smallest absolute Gasteiger partial charge is 0.258 e. The quantitative estimate of drug-likeness (QED) is 0.620. The van der Waals surface area contributed by atoms with Gasteiger partial charge in [-0.2, -0.15) is 0 Å². The number of ether oxygens (including phenoxy) is 3. The van der Waals surface area contributed by atoms with Crippen molar-refractivity contribution in [1.29, 1.82) is 0 Å². The number of carbonyl (C=O) groups is 2. The molecule has 0 bridgehead atoms. The van der Waals surface area contributed by atoms with Crippen LogP contribution in [0.2, 0.25) is 0 Å². The fourth-order valence-electron chi connectivity index (χ4n) is 5.95. The van der Waals surface area contributed by atoms with Crippen LogP contribution in [0.3, 0.4) is 0 Å². The average Bonchev–Trinajstić information content (AvgIpc) is 3.30. The molecule has 0 N–H and O–H groups in total. The van der Waals surface area contributed by atoms with Gasteiger partial charge < -0.3 is 24.0 Å². The van der Waals surface area contributed by atoms with E-state index < -0.39 is 6.04 Å². The fraction of sp³-hybridized carbons (Fsp3) is 0.500. The molecular formula is C28H34N2O5. The highest BCUT2D eigenvalue weighted by Gasteiger charge is 2.48. The normalized spacial score (nSPS) is 22.9. The molecule has 3 atom stereocenters. The van der Waals surface area contributed by atoms with E-state index in [4.69, 9.17) is 14.2 Å². The molecule has 2 aliphatic heterocycles. The van der Waals surface area contributed by atoms with Gasteiger partial charge in [-0.05, 0) is 50.3 Å². The summed E-state index contributed by atoms with van der Waals surface area (Å²) in [7, 11) is 1.58. The Labute approximate surface area is 206 Å². The summed E-state index contributed by atoms with van der Waals surface area (Å²) in [5.74, 6) is 2.23. The summed E-state index contributed by atoms with van der Waals surface area (Å²) in [5.41, 5.74) is 1.44. The lowest BCUT2D eigenvalue weighted by Crippen LogP contribution is -2.50. The second-order valence-electron chi connectivity index (χ2n) is 9.57. The molecule has 0 spiro atoms. The van der Waals surface area contributed by atoms with Gasteiger partial charge in [0, 0.05) is 24.7 Å². The third kappa shape index (κ3) is 4.44. The van der Waals surface area contributed by atoms with Crippen LogP contribution in [0.15, 0.2) is 42.5 Å². The average molecular weight is 479 g/mol. The van der Waals surface area contributed by atoms with Crippen LogP contribution < -0.4 is 14.2 Å². The molecule has 0 radical (unpaired) electrons. The third-order valence-corrected chi connectivity index (χ3v) is 7.65. The molecule has 35 heavy (non-hydrogen) atoms. The molecule has 2 aromatic carbocycles. The van der Waals surface area contributed by atoms with E-state index in [0.717, 1.165) is 37.0 Å². The summed E-state index contributed by atoms with van der Waals surface area (Å²) < 4.78 is 17.1. The molecule has 3 aliphatic rings. The monoisotopic (exact) mass is 478 g/mol. The van der Waals surface area contributed by atoms with Crippen molar-refractivity contribution in [3.05, 3.63) is 53.6 Å². The zero-order valence-electron chi connectivity index (χ0n) is 20.6. The maximum atomic E-state index is 14.0. The van der Waals surface area contributed by atoms with E-state index in [2.05, 4.69) is 0 Å². The summed E-state index contributed by atoms with van der Waals surface area (Å²) in [6, 6.07) is 12.7. The van der Waals surface area contributed by atoms with Crippen LogP contribution in [0.5, 0.6) is 17.2 Å². The van der Waals surface area contributed by atoms with Crippen molar-refractivity contribution < 1.29 is 23.8 Å². The molecule has 7 nitrogen and oxygen atoms in total. The number of benzene rings is 2. The molecule has 3 unspecified atom stereocenters. The largest absolute Gasteiger partial charge is 0.496 e. The molecule has 5 rings (SSSR count). The molecule has 2 aromatic rings. The second-order valence-corrected chi connectivity index (χ2v) is 9.57. The zero-order valence-corrected chi connectivity index (χ0v) is 20.6. The summed E-state index contributed by atoms with van der Waals surface area (Å²) in [4.78, 5) is 31.6. The van der Waals surface area contributed by atoms with E-state index in [0.29, 0.717) is 55.7 Å². The van der Waals surface area contributed by atoms with Crippen molar-refractivity contribution in [2.45, 2.75) is 57.7 Å². The molecular weight excluding hydrogens is 444 g/mol. The predicted molar refractivity (Wildman–Crippen MR) is 132 cm³/mol. The summed E-state index contributed by atoms with van der Waals surface area (Å²) in [6.07, 6.45) is 4.96. The number of hydrogen-bond acceptors (Lipinski definition) is 5. The number of amides is 2. The zero-order chi connectivity index (χ0) is 24.4. The van der Waals surface area contributed by atoms with Gasteiger partial charge in [0.2, 0.25) is 5.91 Å². The van der Waals surface area contributed by atoms with Crippen molar-refractivity contribution in [3.8, 4) is 17.2 Å². The van der Waals surface area contributed by atoms with Gasteiger partial charge >= 0.3 is 0 Å². The standard InChI is InChI=1S/C28H34N2O5/c1-3-29(18-20-10-8-14-25-26(20)35-16-15-34-25)28(32)23-17-19-9-4-6-12-22(19)30(23)27(31)21-11-5-7-13-24(21)33-2/h5,7-8,10-11,13-14,19,22-23H,3-4,6,9,12,15-18H2,1-2H3. The van der Waals surface area contributed by atoms with Crippen LogP contribution >= 0.6 is 0 Å². The first-order valence-corrected chi connectivity index (χ1v) is 12.7. The Morgan fingerprint density at radius 1 is 1.06 bits per heavy atom. The Morgan fingerprint density at radius 2 is 1.86 bits per heavy atom. The minimum atomic E-state index is -0.475.